The van der Waals surface area contributed by atoms with Crippen molar-refractivity contribution in [3.63, 3.8) is 0 Å². The van der Waals surface area contributed by atoms with Gasteiger partial charge < -0.3 is 10.5 Å². The van der Waals surface area contributed by atoms with Gasteiger partial charge in [-0.05, 0) is 24.1 Å². The van der Waals surface area contributed by atoms with Crippen LogP contribution in [0.3, 0.4) is 0 Å². The van der Waals surface area contributed by atoms with Gasteiger partial charge in [-0.25, -0.2) is 0 Å². The summed E-state index contributed by atoms with van der Waals surface area (Å²) in [6.45, 7) is 0.287. The Hall–Kier alpha value is -0.770. The van der Waals surface area contributed by atoms with Gasteiger partial charge in [0, 0.05) is 11.6 Å². The van der Waals surface area contributed by atoms with Crippen LogP contribution in [-0.2, 0) is 16.0 Å². The van der Waals surface area contributed by atoms with Crippen LogP contribution in [0.5, 0.6) is 0 Å². The molecule has 1 aromatic rings. The van der Waals surface area contributed by atoms with Crippen LogP contribution < -0.4 is 5.73 Å². The molecule has 3 nitrogen and oxygen atoms in total. The highest BCUT2D eigenvalue weighted by Crippen LogP contribution is 2.13. The molecule has 0 spiro atoms. The molecular weight excluding hydrogens is 249 g/mol. The molecule has 1 rings (SSSR count). The minimum atomic E-state index is -0.281. The highest BCUT2D eigenvalue weighted by molar-refractivity contribution is 6.30. The quantitative estimate of drug-likeness (QED) is 0.847. The van der Waals surface area contributed by atoms with Crippen molar-refractivity contribution in [2.75, 3.05) is 13.7 Å². The first kappa shape index (κ1) is 15.2. The lowest BCUT2D eigenvalue weighted by Gasteiger charge is -2.11. The molecule has 0 radical (unpaired) electrons. The Labute approximate surface area is 106 Å². The first-order valence-corrected chi connectivity index (χ1v) is 5.07. The molecule has 0 bridgehead atoms. The Kier molecular flexibility index (Phi) is 7.13. The Morgan fingerprint density at radius 1 is 1.44 bits per heavy atom. The predicted molar refractivity (Wildman–Crippen MR) is 67.0 cm³/mol. The number of hydrogen-bond acceptors (Lipinski definition) is 3. The topological polar surface area (TPSA) is 52.3 Å². The lowest BCUT2D eigenvalue weighted by Crippen LogP contribution is -2.26. The molecule has 0 saturated heterocycles. The van der Waals surface area contributed by atoms with Gasteiger partial charge in [-0.2, -0.15) is 0 Å². The second kappa shape index (κ2) is 7.49. The van der Waals surface area contributed by atoms with E-state index >= 15 is 0 Å². The Morgan fingerprint density at radius 2 is 2.00 bits per heavy atom. The third-order valence-corrected chi connectivity index (χ3v) is 2.47. The van der Waals surface area contributed by atoms with E-state index in [0.29, 0.717) is 11.4 Å². The minimum absolute atomic E-state index is 0. The van der Waals surface area contributed by atoms with Crippen molar-refractivity contribution in [1.82, 2.24) is 0 Å². The zero-order chi connectivity index (χ0) is 11.3. The molecule has 0 aliphatic carbocycles. The first-order chi connectivity index (χ1) is 7.17. The fourth-order valence-electron chi connectivity index (χ4n) is 1.33. The summed E-state index contributed by atoms with van der Waals surface area (Å²) in [6.07, 6.45) is 0.584. The third kappa shape index (κ3) is 4.39. The summed E-state index contributed by atoms with van der Waals surface area (Å²) in [6, 6.07) is 7.35. The van der Waals surface area contributed by atoms with Crippen molar-refractivity contribution >= 4 is 30.0 Å². The number of halogens is 2. The third-order valence-electron chi connectivity index (χ3n) is 2.21. The molecule has 0 aromatic heterocycles. The fourth-order valence-corrected chi connectivity index (χ4v) is 1.46. The van der Waals surface area contributed by atoms with Crippen LogP contribution in [0.1, 0.15) is 5.56 Å². The summed E-state index contributed by atoms with van der Waals surface area (Å²) >= 11 is 5.76. The Bertz CT molecular complexity index is 327. The van der Waals surface area contributed by atoms with Crippen molar-refractivity contribution in [3.8, 4) is 0 Å². The number of carbonyl (C=O) groups is 1. The van der Waals surface area contributed by atoms with Crippen LogP contribution in [0.2, 0.25) is 5.02 Å². The zero-order valence-corrected chi connectivity index (χ0v) is 10.6. The second-order valence-electron chi connectivity index (χ2n) is 3.29. The smallest absolute Gasteiger partial charge is 0.310 e. The summed E-state index contributed by atoms with van der Waals surface area (Å²) in [5, 5.41) is 0.682. The van der Waals surface area contributed by atoms with Gasteiger partial charge in [0.2, 0.25) is 0 Å². The normalized spacial score (nSPS) is 11.4. The van der Waals surface area contributed by atoms with Crippen LogP contribution in [0.25, 0.3) is 0 Å². The van der Waals surface area contributed by atoms with Gasteiger partial charge in [0.15, 0.2) is 0 Å². The molecular formula is C11H15Cl2NO2. The maximum absolute atomic E-state index is 11.3. The van der Waals surface area contributed by atoms with Crippen molar-refractivity contribution in [1.29, 1.82) is 0 Å². The van der Waals surface area contributed by atoms with Crippen LogP contribution in [0.15, 0.2) is 24.3 Å². The number of hydrogen-bond donors (Lipinski definition) is 1. The number of rotatable bonds is 4. The average molecular weight is 264 g/mol. The van der Waals surface area contributed by atoms with E-state index in [4.69, 9.17) is 17.3 Å². The number of ether oxygens (including phenoxy) is 1. The van der Waals surface area contributed by atoms with E-state index in [9.17, 15) is 4.79 Å². The van der Waals surface area contributed by atoms with Crippen molar-refractivity contribution < 1.29 is 9.53 Å². The second-order valence-corrected chi connectivity index (χ2v) is 3.72. The Balaban J connectivity index is 0.00000225. The molecule has 2 N–H and O–H groups in total. The van der Waals surface area contributed by atoms with Gasteiger partial charge in [-0.3, -0.25) is 4.79 Å². The number of esters is 1. The number of benzene rings is 1. The van der Waals surface area contributed by atoms with E-state index in [1.165, 1.54) is 7.11 Å². The lowest BCUT2D eigenvalue weighted by atomic mass is 10.00. The fraction of sp³-hybridized carbons (Fsp3) is 0.364. The molecule has 16 heavy (non-hydrogen) atoms. The van der Waals surface area contributed by atoms with Gasteiger partial charge in [0.1, 0.15) is 0 Å². The van der Waals surface area contributed by atoms with Gasteiger partial charge in [-0.1, -0.05) is 23.7 Å². The van der Waals surface area contributed by atoms with E-state index in [2.05, 4.69) is 4.74 Å². The van der Waals surface area contributed by atoms with Crippen LogP contribution >= 0.6 is 24.0 Å². The maximum Gasteiger partial charge on any atom is 0.310 e. The molecule has 0 amide bonds. The number of nitrogens with two attached hydrogens (primary N) is 1. The van der Waals surface area contributed by atoms with Gasteiger partial charge >= 0.3 is 5.97 Å². The van der Waals surface area contributed by atoms with E-state index in [-0.39, 0.29) is 30.8 Å². The van der Waals surface area contributed by atoms with Gasteiger partial charge in [0.05, 0.1) is 13.0 Å². The molecule has 1 atom stereocenters. The Morgan fingerprint density at radius 3 is 2.44 bits per heavy atom. The zero-order valence-electron chi connectivity index (χ0n) is 8.98. The van der Waals surface area contributed by atoms with Crippen LogP contribution in [-0.4, -0.2) is 19.6 Å². The molecule has 5 heteroatoms. The molecule has 0 saturated carbocycles. The predicted octanol–water partition coefficient (Wildman–Crippen LogP) is 2.05. The van der Waals surface area contributed by atoms with Crippen molar-refractivity contribution in [3.05, 3.63) is 34.9 Å². The van der Waals surface area contributed by atoms with Gasteiger partial charge in [-0.15, -0.1) is 12.4 Å². The highest BCUT2D eigenvalue weighted by atomic mass is 35.5. The number of methoxy groups -OCH3 is 1. The summed E-state index contributed by atoms with van der Waals surface area (Å²) in [5.74, 6) is -0.552. The monoisotopic (exact) mass is 263 g/mol. The maximum atomic E-state index is 11.3. The van der Waals surface area contributed by atoms with Crippen molar-refractivity contribution in [2.24, 2.45) is 11.7 Å². The molecule has 90 valence electrons. The molecule has 0 fully saturated rings. The molecule has 0 aliphatic rings. The van der Waals surface area contributed by atoms with E-state index in [1.54, 1.807) is 12.1 Å². The molecule has 0 aliphatic heterocycles. The first-order valence-electron chi connectivity index (χ1n) is 4.69. The van der Waals surface area contributed by atoms with E-state index in [1.807, 2.05) is 12.1 Å². The summed E-state index contributed by atoms with van der Waals surface area (Å²) in [7, 11) is 1.37. The largest absolute Gasteiger partial charge is 0.469 e. The minimum Gasteiger partial charge on any atom is -0.469 e. The standard InChI is InChI=1S/C11H14ClNO2.ClH/c1-15-11(14)9(7-13)6-8-2-4-10(12)5-3-8;/h2-5,9H,6-7,13H2,1H3;1H. The highest BCUT2D eigenvalue weighted by Gasteiger charge is 2.17. The van der Waals surface area contributed by atoms with Crippen molar-refractivity contribution in [2.45, 2.75) is 6.42 Å². The SMILES string of the molecule is COC(=O)C(CN)Cc1ccc(Cl)cc1.Cl. The summed E-state index contributed by atoms with van der Waals surface area (Å²) in [5.41, 5.74) is 6.53. The van der Waals surface area contributed by atoms with E-state index < -0.39 is 0 Å². The molecule has 1 aromatic carbocycles. The summed E-state index contributed by atoms with van der Waals surface area (Å²) in [4.78, 5) is 11.3. The average Bonchev–Trinajstić information content (AvgIpc) is 2.27. The lowest BCUT2D eigenvalue weighted by molar-refractivity contribution is -0.145. The van der Waals surface area contributed by atoms with Crippen LogP contribution in [0, 0.1) is 5.92 Å². The van der Waals surface area contributed by atoms with E-state index in [0.717, 1.165) is 5.56 Å². The molecule has 0 heterocycles. The van der Waals surface area contributed by atoms with Crippen LogP contribution in [0.4, 0.5) is 0 Å². The number of carbonyl (C=O) groups excluding carboxylic acids is 1. The summed E-state index contributed by atoms with van der Waals surface area (Å²) < 4.78 is 4.65. The molecule has 1 unspecified atom stereocenters. The van der Waals surface area contributed by atoms with Gasteiger partial charge in [0.25, 0.3) is 0 Å².